The average Bonchev–Trinajstić information content (AvgIpc) is 2.41. The van der Waals surface area contributed by atoms with E-state index in [1.165, 1.54) is 5.56 Å². The summed E-state index contributed by atoms with van der Waals surface area (Å²) in [4.78, 5) is 4.27. The number of thioether (sulfide) groups is 1. The van der Waals surface area contributed by atoms with Crippen LogP contribution < -0.4 is 5.32 Å². The normalized spacial score (nSPS) is 10.4. The fourth-order valence-corrected chi connectivity index (χ4v) is 2.25. The Morgan fingerprint density at radius 3 is 2.59 bits per heavy atom. The molecule has 0 radical (unpaired) electrons. The van der Waals surface area contributed by atoms with E-state index in [2.05, 4.69) is 34.6 Å². The molecule has 2 aromatic rings. The number of aromatic nitrogens is 1. The Morgan fingerprint density at radius 2 is 1.82 bits per heavy atom. The van der Waals surface area contributed by atoms with Crippen LogP contribution in [0.15, 0.2) is 59.8 Å². The largest absolute Gasteiger partial charge is 0.312 e. The number of hydrogen-bond acceptors (Lipinski definition) is 3. The van der Waals surface area contributed by atoms with Crippen LogP contribution in [0.25, 0.3) is 0 Å². The highest BCUT2D eigenvalue weighted by Gasteiger charge is 1.94. The van der Waals surface area contributed by atoms with Gasteiger partial charge in [0.2, 0.25) is 0 Å². The maximum absolute atomic E-state index is 4.27. The van der Waals surface area contributed by atoms with E-state index in [1.807, 2.05) is 30.5 Å². The monoisotopic (exact) mass is 244 g/mol. The van der Waals surface area contributed by atoms with Crippen LogP contribution in [0.5, 0.6) is 0 Å². The van der Waals surface area contributed by atoms with Crippen molar-refractivity contribution in [2.45, 2.75) is 11.6 Å². The fourth-order valence-electron chi connectivity index (χ4n) is 1.49. The number of pyridine rings is 1. The quantitative estimate of drug-likeness (QED) is 0.624. The molecule has 2 nitrogen and oxygen atoms in total. The van der Waals surface area contributed by atoms with Gasteiger partial charge in [0.25, 0.3) is 0 Å². The standard InChI is InChI=1S/C14H16N2S/c1-2-6-13(7-3-1)12-15-10-11-17-14-8-4-5-9-16-14/h1-9,15H,10-12H2. The van der Waals surface area contributed by atoms with Gasteiger partial charge < -0.3 is 5.32 Å². The molecule has 0 atom stereocenters. The van der Waals surface area contributed by atoms with Crippen LogP contribution in [0.2, 0.25) is 0 Å². The van der Waals surface area contributed by atoms with Gasteiger partial charge in [0.1, 0.15) is 0 Å². The van der Waals surface area contributed by atoms with Crippen molar-refractivity contribution in [2.24, 2.45) is 0 Å². The highest BCUT2D eigenvalue weighted by atomic mass is 32.2. The first-order valence-electron chi connectivity index (χ1n) is 5.73. The van der Waals surface area contributed by atoms with E-state index in [9.17, 15) is 0 Å². The zero-order valence-corrected chi connectivity index (χ0v) is 10.5. The van der Waals surface area contributed by atoms with E-state index in [1.54, 1.807) is 11.8 Å². The lowest BCUT2D eigenvalue weighted by Gasteiger charge is -2.04. The lowest BCUT2D eigenvalue weighted by molar-refractivity contribution is 0.732. The zero-order valence-electron chi connectivity index (χ0n) is 9.67. The van der Waals surface area contributed by atoms with Crippen molar-refractivity contribution in [3.63, 3.8) is 0 Å². The number of benzene rings is 1. The third-order valence-corrected chi connectivity index (χ3v) is 3.28. The summed E-state index contributed by atoms with van der Waals surface area (Å²) < 4.78 is 0. The topological polar surface area (TPSA) is 24.9 Å². The zero-order chi connectivity index (χ0) is 11.8. The number of nitrogens with one attached hydrogen (secondary N) is 1. The molecule has 17 heavy (non-hydrogen) atoms. The van der Waals surface area contributed by atoms with Crippen LogP contribution in [-0.4, -0.2) is 17.3 Å². The summed E-state index contributed by atoms with van der Waals surface area (Å²) >= 11 is 1.78. The molecule has 2 rings (SSSR count). The van der Waals surface area contributed by atoms with E-state index >= 15 is 0 Å². The van der Waals surface area contributed by atoms with E-state index in [0.29, 0.717) is 0 Å². The third-order valence-electron chi connectivity index (χ3n) is 2.34. The molecule has 0 unspecified atom stereocenters. The first-order valence-corrected chi connectivity index (χ1v) is 6.72. The van der Waals surface area contributed by atoms with Crippen molar-refractivity contribution < 1.29 is 0 Å². The van der Waals surface area contributed by atoms with Gasteiger partial charge in [-0.2, -0.15) is 0 Å². The molecule has 0 fully saturated rings. The third kappa shape index (κ3) is 4.59. The summed E-state index contributed by atoms with van der Waals surface area (Å²) in [5.74, 6) is 1.05. The van der Waals surface area contributed by atoms with Gasteiger partial charge in [-0.3, -0.25) is 0 Å². The molecule has 0 bridgehead atoms. The molecule has 0 aliphatic heterocycles. The van der Waals surface area contributed by atoms with Crippen LogP contribution in [0, 0.1) is 0 Å². The molecule has 0 aliphatic carbocycles. The predicted octanol–water partition coefficient (Wildman–Crippen LogP) is 2.96. The summed E-state index contributed by atoms with van der Waals surface area (Å²) in [6, 6.07) is 16.5. The Hall–Kier alpha value is -1.32. The van der Waals surface area contributed by atoms with Gasteiger partial charge in [-0.05, 0) is 17.7 Å². The molecule has 0 saturated carbocycles. The molecule has 1 aromatic heterocycles. The van der Waals surface area contributed by atoms with Crippen molar-refractivity contribution in [3.8, 4) is 0 Å². The van der Waals surface area contributed by atoms with Gasteiger partial charge in [-0.25, -0.2) is 4.98 Å². The molecule has 1 heterocycles. The lowest BCUT2D eigenvalue weighted by Crippen LogP contribution is -2.16. The Bertz CT molecular complexity index is 375. The van der Waals surface area contributed by atoms with Gasteiger partial charge in [0.05, 0.1) is 5.03 Å². The SMILES string of the molecule is c1ccc(CNCCSc2ccccn2)cc1. The van der Waals surface area contributed by atoms with Gasteiger partial charge in [-0.1, -0.05) is 36.4 Å². The molecular formula is C14H16N2S. The van der Waals surface area contributed by atoms with Crippen LogP contribution in [0.3, 0.4) is 0 Å². The molecular weight excluding hydrogens is 228 g/mol. The average molecular weight is 244 g/mol. The predicted molar refractivity (Wildman–Crippen MR) is 73.1 cm³/mol. The van der Waals surface area contributed by atoms with Gasteiger partial charge in [0, 0.05) is 25.0 Å². The van der Waals surface area contributed by atoms with Crippen LogP contribution in [0.4, 0.5) is 0 Å². The molecule has 0 spiro atoms. The Kier molecular flexibility index (Phi) is 5.07. The molecule has 1 N–H and O–H groups in total. The summed E-state index contributed by atoms with van der Waals surface area (Å²) in [5.41, 5.74) is 1.33. The van der Waals surface area contributed by atoms with Crippen LogP contribution in [-0.2, 0) is 6.54 Å². The Balaban J connectivity index is 1.61. The van der Waals surface area contributed by atoms with Crippen LogP contribution >= 0.6 is 11.8 Å². The first-order chi connectivity index (χ1) is 8.45. The second-order valence-corrected chi connectivity index (χ2v) is 4.79. The second-order valence-electron chi connectivity index (χ2n) is 3.68. The van der Waals surface area contributed by atoms with Crippen molar-refractivity contribution in [1.29, 1.82) is 0 Å². The number of hydrogen-bond donors (Lipinski definition) is 1. The van der Waals surface area contributed by atoms with E-state index in [-0.39, 0.29) is 0 Å². The maximum Gasteiger partial charge on any atom is 0.0960 e. The fraction of sp³-hybridized carbons (Fsp3) is 0.214. The van der Waals surface area contributed by atoms with E-state index < -0.39 is 0 Å². The molecule has 1 aromatic carbocycles. The van der Waals surface area contributed by atoms with Crippen LogP contribution in [0.1, 0.15) is 5.56 Å². The smallest absolute Gasteiger partial charge is 0.0960 e. The highest BCUT2D eigenvalue weighted by Crippen LogP contribution is 2.12. The minimum atomic E-state index is 0.934. The molecule has 88 valence electrons. The highest BCUT2D eigenvalue weighted by molar-refractivity contribution is 7.99. The second kappa shape index (κ2) is 7.09. The maximum atomic E-state index is 4.27. The minimum absolute atomic E-state index is 0.934. The summed E-state index contributed by atoms with van der Waals surface area (Å²) in [7, 11) is 0. The van der Waals surface area contributed by atoms with Gasteiger partial charge in [0.15, 0.2) is 0 Å². The molecule has 0 aliphatic rings. The van der Waals surface area contributed by atoms with E-state index in [4.69, 9.17) is 0 Å². The molecule has 0 saturated heterocycles. The minimum Gasteiger partial charge on any atom is -0.312 e. The summed E-state index contributed by atoms with van der Waals surface area (Å²) in [6.07, 6.45) is 1.83. The molecule has 0 amide bonds. The Morgan fingerprint density at radius 1 is 1.00 bits per heavy atom. The van der Waals surface area contributed by atoms with Crippen molar-refractivity contribution in [2.75, 3.05) is 12.3 Å². The summed E-state index contributed by atoms with van der Waals surface area (Å²) in [5, 5.41) is 4.51. The van der Waals surface area contributed by atoms with Crippen molar-refractivity contribution in [1.82, 2.24) is 10.3 Å². The Labute approximate surface area is 106 Å². The van der Waals surface area contributed by atoms with Crippen molar-refractivity contribution in [3.05, 3.63) is 60.3 Å². The van der Waals surface area contributed by atoms with Gasteiger partial charge >= 0.3 is 0 Å². The number of nitrogens with zero attached hydrogens (tertiary/aromatic N) is 1. The van der Waals surface area contributed by atoms with Gasteiger partial charge in [-0.15, -0.1) is 11.8 Å². The summed E-state index contributed by atoms with van der Waals surface area (Å²) in [6.45, 7) is 1.93. The van der Waals surface area contributed by atoms with E-state index in [0.717, 1.165) is 23.9 Å². The first kappa shape index (κ1) is 12.1. The van der Waals surface area contributed by atoms with Crippen molar-refractivity contribution >= 4 is 11.8 Å². The lowest BCUT2D eigenvalue weighted by atomic mass is 10.2. The molecule has 3 heteroatoms. The number of rotatable bonds is 6.